The first-order valence-electron chi connectivity index (χ1n) is 17.0. The summed E-state index contributed by atoms with van der Waals surface area (Å²) in [5.41, 5.74) is 8.01. The zero-order chi connectivity index (χ0) is 38.8. The molecule has 13 nitrogen and oxygen atoms in total. The minimum Gasteiger partial charge on any atom is -0.464 e. The molecule has 1 aliphatic rings. The summed E-state index contributed by atoms with van der Waals surface area (Å²) in [6.45, 7) is 5.35. The number of ether oxygens (including phenoxy) is 1. The smallest absolute Gasteiger partial charge is 0.425 e. The number of fused-ring (bicyclic) bond motifs is 1. The lowest BCUT2D eigenvalue weighted by Crippen LogP contribution is -2.40. The van der Waals surface area contributed by atoms with Crippen molar-refractivity contribution in [2.45, 2.75) is 74.8 Å². The van der Waals surface area contributed by atoms with E-state index < -0.39 is 64.0 Å². The number of aliphatic hydroxyl groups is 1. The second-order valence-corrected chi connectivity index (χ2v) is 16.4. The second kappa shape index (κ2) is 15.4. The second-order valence-electron chi connectivity index (χ2n) is 14.2. The summed E-state index contributed by atoms with van der Waals surface area (Å²) in [4.78, 5) is 45.7. The van der Waals surface area contributed by atoms with Gasteiger partial charge >= 0.3 is 12.2 Å². The summed E-state index contributed by atoms with van der Waals surface area (Å²) in [6.07, 6.45) is -0.217. The minimum atomic E-state index is -3.61. The van der Waals surface area contributed by atoms with Gasteiger partial charge in [-0.15, -0.1) is 0 Å². The average Bonchev–Trinajstić information content (AvgIpc) is 3.94. The molecule has 1 fully saturated rings. The van der Waals surface area contributed by atoms with Crippen molar-refractivity contribution in [2.75, 3.05) is 36.3 Å². The van der Waals surface area contributed by atoms with E-state index in [9.17, 15) is 37.4 Å². The summed E-state index contributed by atoms with van der Waals surface area (Å²) in [7, 11) is -2.06. The highest BCUT2D eigenvalue weighted by molar-refractivity contribution is 7.92. The number of aliphatic hydroxyl groups excluding tert-OH is 1. The Kier molecular flexibility index (Phi) is 11.3. The van der Waals surface area contributed by atoms with Gasteiger partial charge in [0.1, 0.15) is 11.6 Å². The molecule has 1 aliphatic carbocycles. The molecule has 15 heteroatoms. The highest BCUT2D eigenvalue weighted by atomic mass is 32.2. The number of hydrogen-bond donors (Lipinski definition) is 4. The van der Waals surface area contributed by atoms with Crippen LogP contribution in [0.2, 0.25) is 0 Å². The molecule has 5 rings (SSSR count). The molecule has 3 amide bonds. The van der Waals surface area contributed by atoms with Gasteiger partial charge in [0.2, 0.25) is 5.91 Å². The number of amides is 3. The Morgan fingerprint density at radius 3 is 2.40 bits per heavy atom. The number of imide groups is 1. The van der Waals surface area contributed by atoms with Gasteiger partial charge in [0.15, 0.2) is 15.7 Å². The van der Waals surface area contributed by atoms with Crippen molar-refractivity contribution in [2.24, 2.45) is 0 Å². The number of benzene rings is 3. The van der Waals surface area contributed by atoms with E-state index in [1.54, 1.807) is 83.3 Å². The predicted octanol–water partition coefficient (Wildman–Crippen LogP) is 6.34. The maximum absolute atomic E-state index is 14.4. The van der Waals surface area contributed by atoms with Crippen molar-refractivity contribution < 1.29 is 42.1 Å². The highest BCUT2D eigenvalue weighted by Gasteiger charge is 2.38. The first-order valence-corrected chi connectivity index (χ1v) is 18.6. The number of nitrogen functional groups attached to an aromatic ring is 1. The SMILES string of the molecule is Cc1cc(C(Nc2ccc3c(N(C(=O)O)C(=O)OC(C)(C)C)nccc3c2)C(=O)N(C)Cc2cc(N)ccc2S(=O)(=O)C2CC2)ccc1[C@H](CO)CF. The number of likely N-dealkylation sites (N-methyl/N-ethyl adjacent to an activating group) is 1. The van der Waals surface area contributed by atoms with Gasteiger partial charge in [0.25, 0.3) is 0 Å². The molecule has 1 unspecified atom stereocenters. The maximum atomic E-state index is 14.4. The normalized spacial score (nSPS) is 14.3. The van der Waals surface area contributed by atoms with E-state index >= 15 is 0 Å². The van der Waals surface area contributed by atoms with Crippen LogP contribution in [0.15, 0.2) is 71.8 Å². The van der Waals surface area contributed by atoms with Crippen LogP contribution in [0.4, 0.5) is 31.2 Å². The lowest BCUT2D eigenvalue weighted by Gasteiger charge is -2.28. The molecule has 0 aliphatic heterocycles. The van der Waals surface area contributed by atoms with Gasteiger partial charge < -0.3 is 30.9 Å². The van der Waals surface area contributed by atoms with E-state index in [2.05, 4.69) is 10.3 Å². The third-order valence-corrected chi connectivity index (χ3v) is 11.3. The number of nitrogens with one attached hydrogen (secondary N) is 1. The van der Waals surface area contributed by atoms with E-state index in [1.807, 2.05) is 0 Å². The molecular formula is C38H44FN5O8S. The van der Waals surface area contributed by atoms with E-state index in [-0.39, 0.29) is 17.3 Å². The number of aromatic nitrogens is 1. The molecule has 0 spiro atoms. The lowest BCUT2D eigenvalue weighted by atomic mass is 9.92. The van der Waals surface area contributed by atoms with Gasteiger partial charge in [0, 0.05) is 42.5 Å². The monoisotopic (exact) mass is 749 g/mol. The summed E-state index contributed by atoms with van der Waals surface area (Å²) in [5.74, 6) is -1.34. The van der Waals surface area contributed by atoms with Crippen molar-refractivity contribution in [3.05, 3.63) is 89.1 Å². The zero-order valence-electron chi connectivity index (χ0n) is 30.2. The average molecular weight is 750 g/mol. The minimum absolute atomic E-state index is 0.0721. The summed E-state index contributed by atoms with van der Waals surface area (Å²) >= 11 is 0. The van der Waals surface area contributed by atoms with Gasteiger partial charge in [-0.25, -0.2) is 23.0 Å². The fraction of sp³-hybridized carbons (Fsp3) is 0.368. The number of nitrogens with two attached hydrogens (primary N) is 1. The van der Waals surface area contributed by atoms with Crippen LogP contribution in [0.5, 0.6) is 0 Å². The number of alkyl halides is 1. The summed E-state index contributed by atoms with van der Waals surface area (Å²) < 4.78 is 45.6. The molecule has 4 aromatic rings. The topological polar surface area (TPSA) is 192 Å². The number of sulfone groups is 1. The largest absolute Gasteiger partial charge is 0.464 e. The Morgan fingerprint density at radius 1 is 1.08 bits per heavy atom. The van der Waals surface area contributed by atoms with Crippen LogP contribution in [-0.2, 0) is 25.9 Å². The van der Waals surface area contributed by atoms with Crippen molar-refractivity contribution in [3.63, 3.8) is 0 Å². The fourth-order valence-electron chi connectivity index (χ4n) is 6.13. The molecule has 53 heavy (non-hydrogen) atoms. The Bertz CT molecular complexity index is 2150. The Morgan fingerprint density at radius 2 is 1.79 bits per heavy atom. The Balaban J connectivity index is 1.53. The summed E-state index contributed by atoms with van der Waals surface area (Å²) in [6, 6.07) is 15.0. The van der Waals surface area contributed by atoms with E-state index in [0.717, 1.165) is 0 Å². The summed E-state index contributed by atoms with van der Waals surface area (Å²) in [5, 5.41) is 23.3. The van der Waals surface area contributed by atoms with Crippen LogP contribution in [0, 0.1) is 6.92 Å². The molecule has 2 atom stereocenters. The van der Waals surface area contributed by atoms with Crippen LogP contribution in [-0.4, -0.2) is 77.8 Å². The number of nitrogens with zero attached hydrogens (tertiary/aromatic N) is 3. The molecule has 0 bridgehead atoms. The third kappa shape index (κ3) is 8.69. The van der Waals surface area contributed by atoms with Gasteiger partial charge in [-0.1, -0.05) is 18.2 Å². The number of anilines is 3. The molecule has 1 heterocycles. The molecule has 1 saturated carbocycles. The molecule has 3 aromatic carbocycles. The number of rotatable bonds is 12. The fourth-order valence-corrected chi connectivity index (χ4v) is 7.99. The van der Waals surface area contributed by atoms with Gasteiger partial charge in [0.05, 0.1) is 23.4 Å². The quantitative estimate of drug-likeness (QED) is 0.118. The van der Waals surface area contributed by atoms with Gasteiger partial charge in [-0.2, -0.15) is 4.90 Å². The van der Waals surface area contributed by atoms with Crippen LogP contribution in [0.3, 0.4) is 0 Å². The molecule has 5 N–H and O–H groups in total. The molecule has 1 aromatic heterocycles. The van der Waals surface area contributed by atoms with Crippen molar-refractivity contribution in [3.8, 4) is 0 Å². The number of aryl methyl sites for hydroxylation is 1. The third-order valence-electron chi connectivity index (χ3n) is 8.89. The number of carboxylic acid groups (broad SMARTS) is 1. The first-order chi connectivity index (χ1) is 24.9. The number of halogens is 1. The van der Waals surface area contributed by atoms with E-state index in [0.29, 0.717) is 62.1 Å². The number of pyridine rings is 1. The number of carbonyl (C=O) groups excluding carboxylic acids is 2. The number of carbonyl (C=O) groups is 3. The zero-order valence-corrected chi connectivity index (χ0v) is 31.0. The van der Waals surface area contributed by atoms with E-state index in [1.165, 1.54) is 23.2 Å². The van der Waals surface area contributed by atoms with Crippen LogP contribution in [0.25, 0.3) is 10.8 Å². The van der Waals surface area contributed by atoms with Crippen molar-refractivity contribution >= 4 is 55.9 Å². The van der Waals surface area contributed by atoms with Gasteiger partial charge in [-0.3, -0.25) is 9.18 Å². The standard InChI is InChI=1S/C38H44FN5O8S/c1-22-16-24(6-11-30(22)26(19-39)21-45)33(35(46)43(5)20-25-17-27(40)7-13-32(25)53(50,51)29-9-10-29)42-28-8-12-31-23(18-28)14-15-41-34(31)44(36(47)48)37(49)52-38(2,3)4/h6-8,11-18,26,29,33,42,45H,9-10,19-21,40H2,1-5H3,(H,47,48)/t26-,33?/m0/s1. The van der Waals surface area contributed by atoms with Crippen LogP contribution < -0.4 is 16.0 Å². The van der Waals surface area contributed by atoms with E-state index in [4.69, 9.17) is 10.5 Å². The molecule has 282 valence electrons. The number of hydrogen-bond acceptors (Lipinski definition) is 10. The lowest BCUT2D eigenvalue weighted by molar-refractivity contribution is -0.131. The molecular weight excluding hydrogens is 706 g/mol. The van der Waals surface area contributed by atoms with Crippen LogP contribution >= 0.6 is 0 Å². The van der Waals surface area contributed by atoms with Crippen LogP contribution in [0.1, 0.15) is 67.8 Å². The molecule has 0 radical (unpaired) electrons. The predicted molar refractivity (Wildman–Crippen MR) is 199 cm³/mol. The first kappa shape index (κ1) is 38.9. The maximum Gasteiger partial charge on any atom is 0.425 e. The Hall–Kier alpha value is -5.28. The van der Waals surface area contributed by atoms with Crippen molar-refractivity contribution in [1.29, 1.82) is 0 Å². The van der Waals surface area contributed by atoms with Gasteiger partial charge in [-0.05, 0) is 111 Å². The van der Waals surface area contributed by atoms with Crippen molar-refractivity contribution in [1.82, 2.24) is 9.88 Å². The molecule has 0 saturated heterocycles. The Labute approximate surface area is 307 Å². The highest BCUT2D eigenvalue weighted by Crippen LogP contribution is 2.37.